The Morgan fingerprint density at radius 2 is 1.95 bits per heavy atom. The summed E-state index contributed by atoms with van der Waals surface area (Å²) < 4.78 is 42.7. The highest BCUT2D eigenvalue weighted by Crippen LogP contribution is 2.34. The first-order valence-electron chi connectivity index (χ1n) is 5.23. The molecule has 0 radical (unpaired) electrons. The van der Waals surface area contributed by atoms with Crippen LogP contribution in [0, 0.1) is 0 Å². The van der Waals surface area contributed by atoms with Crippen LogP contribution >= 0.6 is 11.6 Å². The Bertz CT molecular complexity index is 652. The Balaban J connectivity index is 2.28. The highest BCUT2D eigenvalue weighted by Gasteiger charge is 2.31. The first-order chi connectivity index (χ1) is 9.25. The fourth-order valence-corrected chi connectivity index (χ4v) is 1.72. The van der Waals surface area contributed by atoms with Crippen molar-refractivity contribution in [2.24, 2.45) is 0 Å². The predicted octanol–water partition coefficient (Wildman–Crippen LogP) is 4.39. The number of anilines is 2. The van der Waals surface area contributed by atoms with Crippen molar-refractivity contribution in [2.75, 3.05) is 5.32 Å². The normalized spacial score (nSPS) is 11.4. The van der Waals surface area contributed by atoms with Crippen LogP contribution in [0.4, 0.5) is 24.7 Å². The van der Waals surface area contributed by atoms with Crippen molar-refractivity contribution in [2.45, 2.75) is 6.18 Å². The van der Waals surface area contributed by atoms with Crippen LogP contribution in [0.2, 0.25) is 5.02 Å². The molecule has 0 saturated heterocycles. The third-order valence-corrected chi connectivity index (χ3v) is 2.53. The Kier molecular flexibility index (Phi) is 3.63. The minimum absolute atomic E-state index is 0.00205. The minimum Gasteiger partial charge on any atom is -0.475 e. The summed E-state index contributed by atoms with van der Waals surface area (Å²) in [4.78, 5) is 10.6. The average molecular weight is 306 g/mol. The number of carboxylic acids is 1. The number of hydrogen-bond acceptors (Lipinski definition) is 3. The van der Waals surface area contributed by atoms with Crippen LogP contribution in [-0.2, 0) is 6.18 Å². The van der Waals surface area contributed by atoms with Gasteiger partial charge in [0.1, 0.15) is 0 Å². The number of hydrogen-bond donors (Lipinski definition) is 2. The van der Waals surface area contributed by atoms with E-state index in [0.29, 0.717) is 0 Å². The van der Waals surface area contributed by atoms with E-state index in [1.807, 2.05) is 0 Å². The van der Waals surface area contributed by atoms with E-state index >= 15 is 0 Å². The Morgan fingerprint density at radius 3 is 2.50 bits per heavy atom. The Morgan fingerprint density at radius 1 is 1.25 bits per heavy atom. The van der Waals surface area contributed by atoms with Crippen LogP contribution in [0.1, 0.15) is 16.1 Å². The van der Waals surface area contributed by atoms with Gasteiger partial charge >= 0.3 is 12.1 Å². The number of benzene rings is 1. The van der Waals surface area contributed by atoms with E-state index in [1.54, 1.807) is 0 Å². The number of furan rings is 1. The van der Waals surface area contributed by atoms with Gasteiger partial charge in [0.15, 0.2) is 5.88 Å². The van der Waals surface area contributed by atoms with Gasteiger partial charge in [0.05, 0.1) is 5.56 Å². The molecule has 8 heteroatoms. The molecular formula is C12H7ClF3NO3. The maximum absolute atomic E-state index is 12.6. The molecule has 0 aliphatic heterocycles. The molecule has 2 rings (SSSR count). The first kappa shape index (κ1) is 14.3. The van der Waals surface area contributed by atoms with Crippen molar-refractivity contribution in [3.8, 4) is 0 Å². The van der Waals surface area contributed by atoms with E-state index in [4.69, 9.17) is 21.1 Å². The third kappa shape index (κ3) is 3.24. The molecule has 20 heavy (non-hydrogen) atoms. The van der Waals surface area contributed by atoms with E-state index in [-0.39, 0.29) is 22.4 Å². The molecule has 0 atom stereocenters. The lowest BCUT2D eigenvalue weighted by Gasteiger charge is -2.10. The number of nitrogens with one attached hydrogen (secondary N) is 1. The molecule has 2 N–H and O–H groups in total. The number of carbonyl (C=O) groups is 1. The molecule has 0 amide bonds. The van der Waals surface area contributed by atoms with E-state index in [1.165, 1.54) is 18.2 Å². The van der Waals surface area contributed by atoms with Gasteiger partial charge in [-0.25, -0.2) is 4.79 Å². The molecule has 1 aromatic carbocycles. The van der Waals surface area contributed by atoms with Crippen LogP contribution in [0.5, 0.6) is 0 Å². The standard InChI is InChI=1S/C12H7ClF3NO3/c13-7-3-6(12(14,15)16)4-8(5-7)17-10-2-1-9(20-10)11(18)19/h1-5,17H,(H,18,19). The maximum atomic E-state index is 12.6. The minimum atomic E-state index is -4.53. The van der Waals surface area contributed by atoms with Gasteiger partial charge in [-0.2, -0.15) is 13.2 Å². The summed E-state index contributed by atoms with van der Waals surface area (Å²) in [5, 5.41) is 11.1. The molecule has 4 nitrogen and oxygen atoms in total. The second kappa shape index (κ2) is 5.09. The molecular weight excluding hydrogens is 299 g/mol. The summed E-state index contributed by atoms with van der Waals surface area (Å²) in [5.41, 5.74) is -0.881. The van der Waals surface area contributed by atoms with Crippen LogP contribution < -0.4 is 5.32 Å². The van der Waals surface area contributed by atoms with Gasteiger partial charge in [-0.05, 0) is 24.3 Å². The quantitative estimate of drug-likeness (QED) is 0.882. The topological polar surface area (TPSA) is 62.5 Å². The number of rotatable bonds is 3. The van der Waals surface area contributed by atoms with Crippen molar-refractivity contribution in [1.82, 2.24) is 0 Å². The molecule has 0 saturated carbocycles. The predicted molar refractivity (Wildman–Crippen MR) is 65.4 cm³/mol. The van der Waals surface area contributed by atoms with Crippen LogP contribution in [0.15, 0.2) is 34.7 Å². The molecule has 2 aromatic rings. The van der Waals surface area contributed by atoms with Gasteiger partial charge in [0, 0.05) is 16.8 Å². The van der Waals surface area contributed by atoms with Crippen molar-refractivity contribution in [1.29, 1.82) is 0 Å². The zero-order chi connectivity index (χ0) is 14.9. The van der Waals surface area contributed by atoms with Crippen LogP contribution in [0.25, 0.3) is 0 Å². The number of halogens is 4. The highest BCUT2D eigenvalue weighted by atomic mass is 35.5. The molecule has 0 aliphatic carbocycles. The smallest absolute Gasteiger partial charge is 0.416 e. The monoisotopic (exact) mass is 305 g/mol. The van der Waals surface area contributed by atoms with Crippen molar-refractivity contribution >= 4 is 29.1 Å². The van der Waals surface area contributed by atoms with Crippen molar-refractivity contribution < 1.29 is 27.5 Å². The molecule has 0 unspecified atom stereocenters. The lowest BCUT2D eigenvalue weighted by molar-refractivity contribution is -0.137. The summed E-state index contributed by atoms with van der Waals surface area (Å²) in [6.07, 6.45) is -4.53. The van der Waals surface area contributed by atoms with Crippen LogP contribution in [-0.4, -0.2) is 11.1 Å². The lowest BCUT2D eigenvalue weighted by atomic mass is 10.2. The second-order valence-electron chi connectivity index (χ2n) is 3.82. The van der Waals surface area contributed by atoms with Crippen LogP contribution in [0.3, 0.4) is 0 Å². The van der Waals surface area contributed by atoms with Gasteiger partial charge in [-0.15, -0.1) is 0 Å². The summed E-state index contributed by atoms with van der Waals surface area (Å²) in [6, 6.07) is 5.36. The summed E-state index contributed by atoms with van der Waals surface area (Å²) in [5.74, 6) is -1.61. The van der Waals surface area contributed by atoms with Crippen molar-refractivity contribution in [3.05, 3.63) is 46.7 Å². The number of alkyl halides is 3. The molecule has 0 aliphatic rings. The van der Waals surface area contributed by atoms with E-state index in [9.17, 15) is 18.0 Å². The molecule has 0 spiro atoms. The van der Waals surface area contributed by atoms with Gasteiger partial charge in [0.25, 0.3) is 0 Å². The highest BCUT2D eigenvalue weighted by molar-refractivity contribution is 6.31. The van der Waals surface area contributed by atoms with Gasteiger partial charge in [-0.1, -0.05) is 11.6 Å². The third-order valence-electron chi connectivity index (χ3n) is 2.31. The van der Waals surface area contributed by atoms with E-state index < -0.39 is 17.7 Å². The lowest BCUT2D eigenvalue weighted by Crippen LogP contribution is -2.05. The van der Waals surface area contributed by atoms with Gasteiger partial charge < -0.3 is 14.8 Å². The van der Waals surface area contributed by atoms with E-state index in [0.717, 1.165) is 12.1 Å². The van der Waals surface area contributed by atoms with Gasteiger partial charge in [0.2, 0.25) is 5.76 Å². The number of carboxylic acid groups (broad SMARTS) is 1. The first-order valence-corrected chi connectivity index (χ1v) is 5.61. The Labute approximate surface area is 115 Å². The zero-order valence-electron chi connectivity index (χ0n) is 9.66. The fraction of sp³-hybridized carbons (Fsp3) is 0.0833. The van der Waals surface area contributed by atoms with E-state index in [2.05, 4.69) is 5.32 Å². The SMILES string of the molecule is O=C(O)c1ccc(Nc2cc(Cl)cc(C(F)(F)F)c2)o1. The maximum Gasteiger partial charge on any atom is 0.416 e. The molecule has 0 bridgehead atoms. The zero-order valence-corrected chi connectivity index (χ0v) is 10.4. The Hall–Kier alpha value is -2.15. The number of aromatic carboxylic acids is 1. The molecule has 1 heterocycles. The molecule has 0 fully saturated rings. The van der Waals surface area contributed by atoms with Gasteiger partial charge in [-0.3, -0.25) is 0 Å². The second-order valence-corrected chi connectivity index (χ2v) is 4.26. The summed E-state index contributed by atoms with van der Waals surface area (Å²) in [6.45, 7) is 0. The largest absolute Gasteiger partial charge is 0.475 e. The molecule has 106 valence electrons. The molecule has 1 aromatic heterocycles. The summed E-state index contributed by atoms with van der Waals surface area (Å²) >= 11 is 5.61. The van der Waals surface area contributed by atoms with Crippen molar-refractivity contribution in [3.63, 3.8) is 0 Å². The fourth-order valence-electron chi connectivity index (χ4n) is 1.49. The summed E-state index contributed by atoms with van der Waals surface area (Å²) in [7, 11) is 0. The average Bonchev–Trinajstić information content (AvgIpc) is 2.75.